The molecule has 0 radical (unpaired) electrons. The molecule has 0 amide bonds. The van der Waals surface area contributed by atoms with Crippen LogP contribution in [0.25, 0.3) is 11.6 Å². The van der Waals surface area contributed by atoms with Crippen molar-refractivity contribution in [3.05, 3.63) is 59.2 Å². The van der Waals surface area contributed by atoms with E-state index in [1.54, 1.807) is 18.2 Å². The van der Waals surface area contributed by atoms with E-state index in [-0.39, 0.29) is 17.2 Å². The molecule has 3 nitrogen and oxygen atoms in total. The molecule has 146 valence electrons. The third-order valence-corrected chi connectivity index (χ3v) is 4.74. The molecule has 6 heteroatoms. The Bertz CT molecular complexity index is 907. The Morgan fingerprint density at radius 2 is 1.82 bits per heavy atom. The molecule has 0 heterocycles. The van der Waals surface area contributed by atoms with Gasteiger partial charge in [0.1, 0.15) is 0 Å². The molecule has 1 fully saturated rings. The molecular weight excluding hydrogens is 367 g/mol. The van der Waals surface area contributed by atoms with Crippen molar-refractivity contribution in [3.8, 4) is 17.6 Å². The summed E-state index contributed by atoms with van der Waals surface area (Å²) >= 11 is 0. The van der Waals surface area contributed by atoms with Gasteiger partial charge in [0.2, 0.25) is 0 Å². The average molecular weight is 387 g/mol. The Balaban J connectivity index is 1.98. The summed E-state index contributed by atoms with van der Waals surface area (Å²) in [6, 6.07) is 12.0. The highest BCUT2D eigenvalue weighted by atomic mass is 19.4. The lowest BCUT2D eigenvalue weighted by atomic mass is 9.98. The molecule has 0 aliphatic heterocycles. The SMILES string of the molecule is COc1ccc(C=C(C#N)c2ccccc2C(F)(F)F)cc1OC1CCCC1. The van der Waals surface area contributed by atoms with Gasteiger partial charge in [0.05, 0.1) is 30.4 Å². The van der Waals surface area contributed by atoms with Crippen LogP contribution in [-0.4, -0.2) is 13.2 Å². The highest BCUT2D eigenvalue weighted by Crippen LogP contribution is 2.37. The molecule has 0 N–H and O–H groups in total. The normalized spacial score (nSPS) is 15.3. The number of benzene rings is 2. The van der Waals surface area contributed by atoms with Gasteiger partial charge in [-0.3, -0.25) is 0 Å². The van der Waals surface area contributed by atoms with Gasteiger partial charge in [0.15, 0.2) is 11.5 Å². The van der Waals surface area contributed by atoms with Gasteiger partial charge >= 0.3 is 6.18 Å². The Morgan fingerprint density at radius 3 is 2.46 bits per heavy atom. The third kappa shape index (κ3) is 4.48. The maximum Gasteiger partial charge on any atom is 0.417 e. The lowest BCUT2D eigenvalue weighted by Gasteiger charge is -2.16. The van der Waals surface area contributed by atoms with Gasteiger partial charge in [-0.15, -0.1) is 0 Å². The molecule has 2 aromatic carbocycles. The van der Waals surface area contributed by atoms with Crippen LogP contribution in [-0.2, 0) is 6.18 Å². The van der Waals surface area contributed by atoms with Gasteiger partial charge < -0.3 is 9.47 Å². The maximum absolute atomic E-state index is 13.3. The summed E-state index contributed by atoms with van der Waals surface area (Å²) in [7, 11) is 1.53. The van der Waals surface area contributed by atoms with E-state index >= 15 is 0 Å². The molecule has 0 spiro atoms. The molecule has 0 aromatic heterocycles. The van der Waals surface area contributed by atoms with Gasteiger partial charge in [0, 0.05) is 5.56 Å². The lowest BCUT2D eigenvalue weighted by Crippen LogP contribution is -2.11. The highest BCUT2D eigenvalue weighted by Gasteiger charge is 2.33. The predicted octanol–water partition coefficient (Wildman–Crippen LogP) is 6.10. The first kappa shape index (κ1) is 19.8. The summed E-state index contributed by atoms with van der Waals surface area (Å²) in [5.74, 6) is 1.09. The fourth-order valence-corrected chi connectivity index (χ4v) is 3.36. The van der Waals surface area contributed by atoms with Crippen molar-refractivity contribution in [1.29, 1.82) is 5.26 Å². The number of alkyl halides is 3. The van der Waals surface area contributed by atoms with Gasteiger partial charge in [-0.05, 0) is 55.5 Å². The zero-order chi connectivity index (χ0) is 20.1. The Kier molecular flexibility index (Phi) is 5.93. The Morgan fingerprint density at radius 1 is 1.11 bits per heavy atom. The van der Waals surface area contributed by atoms with E-state index in [2.05, 4.69) is 0 Å². The number of hydrogen-bond acceptors (Lipinski definition) is 3. The minimum Gasteiger partial charge on any atom is -0.493 e. The highest BCUT2D eigenvalue weighted by molar-refractivity contribution is 5.91. The van der Waals surface area contributed by atoms with Gasteiger partial charge in [-0.2, -0.15) is 18.4 Å². The van der Waals surface area contributed by atoms with Crippen molar-refractivity contribution in [2.45, 2.75) is 38.0 Å². The summed E-state index contributed by atoms with van der Waals surface area (Å²) in [6.07, 6.45) is 1.15. The van der Waals surface area contributed by atoms with Crippen molar-refractivity contribution < 1.29 is 22.6 Å². The summed E-state index contributed by atoms with van der Waals surface area (Å²) in [4.78, 5) is 0. The van der Waals surface area contributed by atoms with Crippen LogP contribution in [0.1, 0.15) is 42.4 Å². The van der Waals surface area contributed by atoms with E-state index in [0.29, 0.717) is 17.1 Å². The zero-order valence-corrected chi connectivity index (χ0v) is 15.4. The molecule has 0 unspecified atom stereocenters. The number of allylic oxidation sites excluding steroid dienone is 1. The number of nitriles is 1. The number of hydrogen-bond donors (Lipinski definition) is 0. The van der Waals surface area contributed by atoms with Crippen LogP contribution >= 0.6 is 0 Å². The van der Waals surface area contributed by atoms with Gasteiger partial charge in [-0.1, -0.05) is 24.3 Å². The largest absolute Gasteiger partial charge is 0.493 e. The van der Waals surface area contributed by atoms with Crippen LogP contribution < -0.4 is 9.47 Å². The first-order valence-electron chi connectivity index (χ1n) is 9.05. The van der Waals surface area contributed by atoms with Crippen LogP contribution in [0, 0.1) is 11.3 Å². The van der Waals surface area contributed by atoms with Crippen molar-refractivity contribution in [2.75, 3.05) is 7.11 Å². The summed E-state index contributed by atoms with van der Waals surface area (Å²) in [5.41, 5.74) is -0.474. The Labute approximate surface area is 162 Å². The quantitative estimate of drug-likeness (QED) is 0.460. The number of nitrogens with zero attached hydrogens (tertiary/aromatic N) is 1. The second kappa shape index (κ2) is 8.39. The molecule has 3 rings (SSSR count). The van der Waals surface area contributed by atoms with Gasteiger partial charge in [-0.25, -0.2) is 0 Å². The molecule has 1 aliphatic rings. The average Bonchev–Trinajstić information content (AvgIpc) is 3.19. The van der Waals surface area contributed by atoms with E-state index in [1.165, 1.54) is 31.4 Å². The second-order valence-electron chi connectivity index (χ2n) is 6.65. The zero-order valence-electron chi connectivity index (χ0n) is 15.4. The van der Waals surface area contributed by atoms with Crippen LogP contribution in [0.2, 0.25) is 0 Å². The summed E-state index contributed by atoms with van der Waals surface area (Å²) in [5, 5.41) is 9.49. The second-order valence-corrected chi connectivity index (χ2v) is 6.65. The number of ether oxygens (including phenoxy) is 2. The van der Waals surface area contributed by atoms with Crippen LogP contribution in [0.4, 0.5) is 13.2 Å². The van der Waals surface area contributed by atoms with E-state index in [4.69, 9.17) is 9.47 Å². The Hall–Kier alpha value is -2.94. The van der Waals surface area contributed by atoms with Crippen molar-refractivity contribution in [3.63, 3.8) is 0 Å². The topological polar surface area (TPSA) is 42.2 Å². The predicted molar refractivity (Wildman–Crippen MR) is 101 cm³/mol. The summed E-state index contributed by atoms with van der Waals surface area (Å²) < 4.78 is 51.3. The summed E-state index contributed by atoms with van der Waals surface area (Å²) in [6.45, 7) is 0. The lowest BCUT2D eigenvalue weighted by molar-refractivity contribution is -0.137. The molecule has 1 aliphatic carbocycles. The van der Waals surface area contributed by atoms with Crippen molar-refractivity contribution >= 4 is 11.6 Å². The fraction of sp³-hybridized carbons (Fsp3) is 0.318. The van der Waals surface area contributed by atoms with E-state index in [1.807, 2.05) is 6.07 Å². The number of methoxy groups -OCH3 is 1. The standard InChI is InChI=1S/C22H20F3NO2/c1-27-20-11-10-15(13-21(20)28-17-6-2-3-7-17)12-16(14-26)18-8-4-5-9-19(18)22(23,24)25/h4-5,8-13,17H,2-3,6-7H2,1H3. The van der Waals surface area contributed by atoms with Crippen LogP contribution in [0.3, 0.4) is 0 Å². The van der Waals surface area contributed by atoms with E-state index in [9.17, 15) is 18.4 Å². The maximum atomic E-state index is 13.3. The molecule has 1 saturated carbocycles. The number of rotatable bonds is 5. The monoisotopic (exact) mass is 387 g/mol. The molecule has 0 atom stereocenters. The van der Waals surface area contributed by atoms with Crippen molar-refractivity contribution in [2.24, 2.45) is 0 Å². The minimum absolute atomic E-state index is 0.0649. The molecular formula is C22H20F3NO2. The van der Waals surface area contributed by atoms with Crippen LogP contribution in [0.5, 0.6) is 11.5 Å². The molecule has 28 heavy (non-hydrogen) atoms. The minimum atomic E-state index is -4.54. The first-order valence-corrected chi connectivity index (χ1v) is 9.05. The van der Waals surface area contributed by atoms with Crippen molar-refractivity contribution in [1.82, 2.24) is 0 Å². The molecule has 0 saturated heterocycles. The van der Waals surface area contributed by atoms with Crippen LogP contribution in [0.15, 0.2) is 42.5 Å². The fourth-order valence-electron chi connectivity index (χ4n) is 3.36. The first-order chi connectivity index (χ1) is 13.4. The van der Waals surface area contributed by atoms with E-state index in [0.717, 1.165) is 31.7 Å². The molecule has 2 aromatic rings. The number of halogens is 3. The third-order valence-electron chi connectivity index (χ3n) is 4.74. The van der Waals surface area contributed by atoms with Gasteiger partial charge in [0.25, 0.3) is 0 Å². The smallest absolute Gasteiger partial charge is 0.417 e. The van der Waals surface area contributed by atoms with E-state index < -0.39 is 11.7 Å². The molecule has 0 bridgehead atoms.